The minimum absolute atomic E-state index is 0. The van der Waals surface area contributed by atoms with Crippen LogP contribution in [0.3, 0.4) is 0 Å². The molecule has 0 saturated heterocycles. The van der Waals surface area contributed by atoms with Crippen molar-refractivity contribution in [3.05, 3.63) is 12.3 Å². The zero-order chi connectivity index (χ0) is 9.45. The van der Waals surface area contributed by atoms with E-state index < -0.39 is 8.80 Å². The van der Waals surface area contributed by atoms with Crippen molar-refractivity contribution in [2.45, 2.75) is 20.8 Å². The zero-order valence-electron chi connectivity index (χ0n) is 11.3. The van der Waals surface area contributed by atoms with Crippen molar-refractivity contribution in [1.82, 2.24) is 0 Å². The molecule has 0 heterocycles. The molecule has 0 aliphatic heterocycles. The molecular formula is C8H22MgO4Si. The smallest absolute Gasteiger partial charge is 1.00 e. The fourth-order valence-corrected chi connectivity index (χ4v) is 2.72. The van der Waals surface area contributed by atoms with E-state index in [1.54, 1.807) is 5.70 Å². The number of hydrogen-bond acceptors (Lipinski definition) is 3. The predicted molar refractivity (Wildman–Crippen MR) is 62.4 cm³/mol. The number of rotatable bonds is 7. The van der Waals surface area contributed by atoms with Crippen molar-refractivity contribution in [3.63, 3.8) is 0 Å². The van der Waals surface area contributed by atoms with Crippen LogP contribution in [0.25, 0.3) is 0 Å². The van der Waals surface area contributed by atoms with Gasteiger partial charge < -0.3 is 21.6 Å². The molecule has 0 saturated carbocycles. The second kappa shape index (κ2) is 11.6. The SMILES string of the molecule is C=C[Si](OCC)(OCC)OCC.O.[H-].[H-].[Mg+2]. The summed E-state index contributed by atoms with van der Waals surface area (Å²) >= 11 is 0. The van der Waals surface area contributed by atoms with Crippen molar-refractivity contribution in [1.29, 1.82) is 0 Å². The summed E-state index contributed by atoms with van der Waals surface area (Å²) in [5.41, 5.74) is 1.67. The molecule has 0 fully saturated rings. The summed E-state index contributed by atoms with van der Waals surface area (Å²) < 4.78 is 16.3. The summed E-state index contributed by atoms with van der Waals surface area (Å²) in [4.78, 5) is 0. The molecule has 0 spiro atoms. The summed E-state index contributed by atoms with van der Waals surface area (Å²) in [6.07, 6.45) is 0. The molecule has 0 unspecified atom stereocenters. The van der Waals surface area contributed by atoms with Crippen molar-refractivity contribution >= 4 is 31.9 Å². The first-order valence-corrected chi connectivity index (χ1v) is 6.10. The van der Waals surface area contributed by atoms with E-state index in [4.69, 9.17) is 13.3 Å². The molecule has 14 heavy (non-hydrogen) atoms. The van der Waals surface area contributed by atoms with Crippen LogP contribution in [0.2, 0.25) is 0 Å². The maximum Gasteiger partial charge on any atom is 2.00 e. The molecule has 6 heteroatoms. The fourth-order valence-electron chi connectivity index (χ4n) is 0.905. The van der Waals surface area contributed by atoms with Crippen LogP contribution in [-0.2, 0) is 13.3 Å². The van der Waals surface area contributed by atoms with Crippen LogP contribution in [0, 0.1) is 0 Å². The molecule has 0 aromatic heterocycles. The Kier molecular flexibility index (Phi) is 16.7. The zero-order valence-corrected chi connectivity index (χ0v) is 11.8. The van der Waals surface area contributed by atoms with Gasteiger partial charge in [-0.25, -0.2) is 0 Å². The quantitative estimate of drug-likeness (QED) is 0.612. The van der Waals surface area contributed by atoms with Crippen molar-refractivity contribution in [2.24, 2.45) is 0 Å². The Bertz CT molecular complexity index is 126. The first kappa shape index (κ1) is 20.0. The Hall–Kier alpha value is 0.563. The van der Waals surface area contributed by atoms with Gasteiger partial charge in [-0.15, -0.1) is 0 Å². The maximum atomic E-state index is 5.44. The normalized spacial score (nSPS) is 9.93. The van der Waals surface area contributed by atoms with Crippen LogP contribution >= 0.6 is 0 Å². The van der Waals surface area contributed by atoms with Crippen LogP contribution < -0.4 is 0 Å². The van der Waals surface area contributed by atoms with Gasteiger partial charge in [0.2, 0.25) is 0 Å². The summed E-state index contributed by atoms with van der Waals surface area (Å²) in [6.45, 7) is 11.2. The summed E-state index contributed by atoms with van der Waals surface area (Å²) in [6, 6.07) is 0. The summed E-state index contributed by atoms with van der Waals surface area (Å²) in [5.74, 6) is 0. The van der Waals surface area contributed by atoms with E-state index in [9.17, 15) is 0 Å². The van der Waals surface area contributed by atoms with E-state index in [1.165, 1.54) is 0 Å². The van der Waals surface area contributed by atoms with Crippen LogP contribution in [0.4, 0.5) is 0 Å². The van der Waals surface area contributed by atoms with Crippen LogP contribution in [0.15, 0.2) is 12.3 Å². The van der Waals surface area contributed by atoms with E-state index in [0.29, 0.717) is 19.8 Å². The Morgan fingerprint density at radius 1 is 1.07 bits per heavy atom. The van der Waals surface area contributed by atoms with E-state index in [1.807, 2.05) is 20.8 Å². The van der Waals surface area contributed by atoms with Gasteiger partial charge in [-0.2, -0.15) is 0 Å². The van der Waals surface area contributed by atoms with Crippen LogP contribution in [0.1, 0.15) is 23.6 Å². The van der Waals surface area contributed by atoms with Crippen LogP contribution in [0.5, 0.6) is 0 Å². The van der Waals surface area contributed by atoms with E-state index in [0.717, 1.165) is 0 Å². The molecular weight excluding hydrogens is 212 g/mol. The summed E-state index contributed by atoms with van der Waals surface area (Å²) in [5, 5.41) is 0. The van der Waals surface area contributed by atoms with Crippen LogP contribution in [-0.4, -0.2) is 57.2 Å². The van der Waals surface area contributed by atoms with Crippen molar-refractivity contribution in [2.75, 3.05) is 19.8 Å². The molecule has 0 bridgehead atoms. The third-order valence-corrected chi connectivity index (χ3v) is 3.86. The summed E-state index contributed by atoms with van der Waals surface area (Å²) in [7, 11) is -2.51. The van der Waals surface area contributed by atoms with Gasteiger partial charge in [0.05, 0.1) is 0 Å². The van der Waals surface area contributed by atoms with Gasteiger partial charge in [-0.3, -0.25) is 0 Å². The minimum Gasteiger partial charge on any atom is -1.00 e. The molecule has 0 rings (SSSR count). The Balaban J connectivity index is -0.000000101. The van der Waals surface area contributed by atoms with Gasteiger partial charge in [0.25, 0.3) is 0 Å². The molecule has 84 valence electrons. The second-order valence-electron chi connectivity index (χ2n) is 2.11. The monoisotopic (exact) mass is 234 g/mol. The average molecular weight is 235 g/mol. The molecule has 0 aliphatic rings. The van der Waals surface area contributed by atoms with Gasteiger partial charge in [-0.05, 0) is 26.5 Å². The molecule has 4 nitrogen and oxygen atoms in total. The topological polar surface area (TPSA) is 59.2 Å². The van der Waals surface area contributed by atoms with E-state index >= 15 is 0 Å². The van der Waals surface area contributed by atoms with Gasteiger partial charge in [0, 0.05) is 19.8 Å². The van der Waals surface area contributed by atoms with E-state index in [2.05, 4.69) is 6.58 Å². The molecule has 0 aromatic rings. The Labute approximate surface area is 106 Å². The predicted octanol–water partition coefficient (Wildman–Crippen LogP) is 0.779. The molecule has 0 aliphatic carbocycles. The third-order valence-electron chi connectivity index (χ3n) is 1.29. The first-order chi connectivity index (χ1) is 5.74. The molecule has 0 radical (unpaired) electrons. The molecule has 0 aromatic carbocycles. The van der Waals surface area contributed by atoms with Crippen molar-refractivity contribution < 1.29 is 21.6 Å². The fraction of sp³-hybridized carbons (Fsp3) is 0.750. The molecule has 0 atom stereocenters. The number of hydrogen-bond donors (Lipinski definition) is 0. The molecule has 0 amide bonds. The van der Waals surface area contributed by atoms with Crippen molar-refractivity contribution in [3.8, 4) is 0 Å². The standard InChI is InChI=1S/C8H18O3Si.Mg.H2O.2H/c1-5-9-12(8-4,10-6-2)11-7-3;;;;/h8H,4-7H2,1-3H3;;1H2;;/q;+2;;2*-1. The Morgan fingerprint density at radius 2 is 1.36 bits per heavy atom. The van der Waals surface area contributed by atoms with E-state index in [-0.39, 0.29) is 31.4 Å². The third kappa shape index (κ3) is 6.94. The average Bonchev–Trinajstić information content (AvgIpc) is 2.06. The first-order valence-electron chi connectivity index (χ1n) is 4.30. The van der Waals surface area contributed by atoms with Gasteiger partial charge in [-0.1, -0.05) is 6.58 Å². The minimum atomic E-state index is -2.51. The maximum absolute atomic E-state index is 5.44. The molecule has 2 N–H and O–H groups in total. The van der Waals surface area contributed by atoms with Gasteiger partial charge >= 0.3 is 31.9 Å². The largest absolute Gasteiger partial charge is 2.00 e. The van der Waals surface area contributed by atoms with Gasteiger partial charge in [0.15, 0.2) is 0 Å². The van der Waals surface area contributed by atoms with Gasteiger partial charge in [0.1, 0.15) is 0 Å². The Morgan fingerprint density at radius 3 is 1.50 bits per heavy atom. The second-order valence-corrected chi connectivity index (χ2v) is 4.59.